The van der Waals surface area contributed by atoms with Gasteiger partial charge in [0.2, 0.25) is 10.0 Å². The Morgan fingerprint density at radius 1 is 1.15 bits per heavy atom. The van der Waals surface area contributed by atoms with Crippen molar-refractivity contribution < 1.29 is 8.42 Å². The second kappa shape index (κ2) is 7.06. The lowest BCUT2D eigenvalue weighted by atomic mass is 10.2. The molecular weight excluding hydrogens is 274 g/mol. The first-order valence-corrected chi connectivity index (χ1v) is 8.64. The molecule has 1 aliphatic heterocycles. The van der Waals surface area contributed by atoms with Crippen molar-refractivity contribution in [2.24, 2.45) is 0 Å². The molecule has 3 N–H and O–H groups in total. The molecule has 1 fully saturated rings. The summed E-state index contributed by atoms with van der Waals surface area (Å²) in [5.41, 5.74) is 6.08. The van der Waals surface area contributed by atoms with Gasteiger partial charge in [0.1, 0.15) is 0 Å². The summed E-state index contributed by atoms with van der Waals surface area (Å²) in [6.07, 6.45) is 4.99. The van der Waals surface area contributed by atoms with Gasteiger partial charge in [0.15, 0.2) is 0 Å². The topological polar surface area (TPSA) is 75.4 Å². The molecule has 1 heterocycles. The van der Waals surface area contributed by atoms with Crippen LogP contribution in [0.4, 0.5) is 5.69 Å². The first kappa shape index (κ1) is 15.3. The van der Waals surface area contributed by atoms with Gasteiger partial charge in [-0.3, -0.25) is 0 Å². The molecule has 6 heteroatoms. The Balaban J connectivity index is 1.86. The maximum absolute atomic E-state index is 12.1. The first-order chi connectivity index (χ1) is 9.58. The zero-order valence-electron chi connectivity index (χ0n) is 11.7. The van der Waals surface area contributed by atoms with E-state index < -0.39 is 10.0 Å². The number of nitrogen functional groups attached to an aromatic ring is 1. The lowest BCUT2D eigenvalue weighted by Crippen LogP contribution is -2.35. The van der Waals surface area contributed by atoms with Gasteiger partial charge >= 0.3 is 0 Å². The predicted octanol–water partition coefficient (Wildman–Crippen LogP) is 1.42. The van der Waals surface area contributed by atoms with Gasteiger partial charge in [-0.1, -0.05) is 18.9 Å². The molecule has 20 heavy (non-hydrogen) atoms. The molecule has 0 amide bonds. The number of rotatable bonds is 5. The number of hydrogen-bond donors (Lipinski definition) is 2. The number of likely N-dealkylation sites (tertiary alicyclic amines) is 1. The van der Waals surface area contributed by atoms with Crippen molar-refractivity contribution in [1.29, 1.82) is 0 Å². The van der Waals surface area contributed by atoms with Crippen molar-refractivity contribution >= 4 is 15.7 Å². The highest BCUT2D eigenvalue weighted by Gasteiger charge is 2.15. The van der Waals surface area contributed by atoms with Gasteiger partial charge in [-0.25, -0.2) is 13.1 Å². The van der Waals surface area contributed by atoms with Gasteiger partial charge in [0.25, 0.3) is 0 Å². The minimum atomic E-state index is -3.45. The third-order valence-corrected chi connectivity index (χ3v) is 5.05. The van der Waals surface area contributed by atoms with Gasteiger partial charge in [-0.2, -0.15) is 0 Å². The maximum atomic E-state index is 12.1. The monoisotopic (exact) mass is 297 g/mol. The summed E-state index contributed by atoms with van der Waals surface area (Å²) in [7, 11) is -3.45. The molecule has 0 unspecified atom stereocenters. The number of nitrogens with two attached hydrogens (primary N) is 1. The van der Waals surface area contributed by atoms with E-state index in [1.54, 1.807) is 18.2 Å². The summed E-state index contributed by atoms with van der Waals surface area (Å²) in [6, 6.07) is 6.37. The lowest BCUT2D eigenvalue weighted by molar-refractivity contribution is 0.290. The minimum Gasteiger partial charge on any atom is -0.399 e. The highest BCUT2D eigenvalue weighted by Crippen LogP contribution is 2.12. The van der Waals surface area contributed by atoms with E-state index >= 15 is 0 Å². The molecule has 0 saturated carbocycles. The summed E-state index contributed by atoms with van der Waals surface area (Å²) in [6.45, 7) is 3.35. The maximum Gasteiger partial charge on any atom is 0.240 e. The van der Waals surface area contributed by atoms with Gasteiger partial charge in [-0.05, 0) is 44.1 Å². The van der Waals surface area contributed by atoms with Crippen LogP contribution < -0.4 is 10.5 Å². The fraction of sp³-hybridized carbons (Fsp3) is 0.571. The van der Waals surface area contributed by atoms with Crippen LogP contribution in [0, 0.1) is 0 Å². The van der Waals surface area contributed by atoms with Crippen LogP contribution in [0.5, 0.6) is 0 Å². The molecule has 0 aromatic heterocycles. The van der Waals surface area contributed by atoms with Gasteiger partial charge in [-0.15, -0.1) is 0 Å². The van der Waals surface area contributed by atoms with Crippen LogP contribution in [0.1, 0.15) is 25.7 Å². The quantitative estimate of drug-likeness (QED) is 0.806. The van der Waals surface area contributed by atoms with Crippen LogP contribution in [-0.2, 0) is 10.0 Å². The molecule has 2 rings (SSSR count). The molecule has 0 radical (unpaired) electrons. The summed E-state index contributed by atoms with van der Waals surface area (Å²) in [5, 5.41) is 0. The molecule has 1 aromatic carbocycles. The van der Waals surface area contributed by atoms with Crippen molar-refractivity contribution in [1.82, 2.24) is 9.62 Å². The Hall–Kier alpha value is -1.11. The highest BCUT2D eigenvalue weighted by atomic mass is 32.2. The van der Waals surface area contributed by atoms with Gasteiger partial charge in [0.05, 0.1) is 4.90 Å². The molecule has 1 aliphatic rings. The smallest absolute Gasteiger partial charge is 0.240 e. The van der Waals surface area contributed by atoms with Crippen LogP contribution in [0.15, 0.2) is 29.2 Å². The molecule has 0 aliphatic carbocycles. The number of benzene rings is 1. The summed E-state index contributed by atoms with van der Waals surface area (Å²) < 4.78 is 26.9. The van der Waals surface area contributed by atoms with Crippen LogP contribution in [0.2, 0.25) is 0 Å². The Morgan fingerprint density at radius 2 is 1.85 bits per heavy atom. The Bertz CT molecular complexity index is 523. The van der Waals surface area contributed by atoms with E-state index in [9.17, 15) is 8.42 Å². The van der Waals surface area contributed by atoms with Crippen LogP contribution in [0.25, 0.3) is 0 Å². The highest BCUT2D eigenvalue weighted by molar-refractivity contribution is 7.89. The minimum absolute atomic E-state index is 0.230. The van der Waals surface area contributed by atoms with Crippen molar-refractivity contribution in [3.05, 3.63) is 24.3 Å². The summed E-state index contributed by atoms with van der Waals surface area (Å²) >= 11 is 0. The number of nitrogens with zero attached hydrogens (tertiary/aromatic N) is 1. The van der Waals surface area contributed by atoms with E-state index in [1.165, 1.54) is 31.7 Å². The average molecular weight is 297 g/mol. The van der Waals surface area contributed by atoms with Crippen LogP contribution >= 0.6 is 0 Å². The zero-order chi connectivity index (χ0) is 14.4. The Labute approximate surface area is 121 Å². The van der Waals surface area contributed by atoms with Gasteiger partial charge in [0, 0.05) is 18.8 Å². The molecule has 0 atom stereocenters. The SMILES string of the molecule is Nc1cccc(S(=O)(=O)NCCN2CCCCCC2)c1. The summed E-state index contributed by atoms with van der Waals surface area (Å²) in [5.74, 6) is 0. The second-order valence-electron chi connectivity index (χ2n) is 5.23. The van der Waals surface area contributed by atoms with E-state index in [2.05, 4.69) is 9.62 Å². The standard InChI is InChI=1S/C14H23N3O2S/c15-13-6-5-7-14(12-13)20(18,19)16-8-11-17-9-3-1-2-4-10-17/h5-7,12,16H,1-4,8-11,15H2. The van der Waals surface area contributed by atoms with Crippen molar-refractivity contribution in [2.45, 2.75) is 30.6 Å². The predicted molar refractivity (Wildman–Crippen MR) is 81.0 cm³/mol. The number of sulfonamides is 1. The van der Waals surface area contributed by atoms with Crippen molar-refractivity contribution in [2.75, 3.05) is 31.9 Å². The normalized spacial score (nSPS) is 17.8. The Morgan fingerprint density at radius 3 is 2.50 bits per heavy atom. The number of nitrogens with one attached hydrogen (secondary N) is 1. The van der Waals surface area contributed by atoms with E-state index in [4.69, 9.17) is 5.73 Å². The number of hydrogen-bond acceptors (Lipinski definition) is 4. The van der Waals surface area contributed by atoms with Crippen molar-refractivity contribution in [3.63, 3.8) is 0 Å². The third kappa shape index (κ3) is 4.47. The van der Waals surface area contributed by atoms with E-state index in [-0.39, 0.29) is 4.90 Å². The largest absolute Gasteiger partial charge is 0.399 e. The first-order valence-electron chi connectivity index (χ1n) is 7.15. The summed E-state index contributed by atoms with van der Waals surface area (Å²) in [4.78, 5) is 2.56. The third-order valence-electron chi connectivity index (χ3n) is 3.59. The van der Waals surface area contributed by atoms with E-state index in [0.29, 0.717) is 12.2 Å². The lowest BCUT2D eigenvalue weighted by Gasteiger charge is -2.19. The number of anilines is 1. The van der Waals surface area contributed by atoms with Gasteiger partial charge < -0.3 is 10.6 Å². The molecule has 0 spiro atoms. The molecule has 1 saturated heterocycles. The van der Waals surface area contributed by atoms with E-state index in [0.717, 1.165) is 19.6 Å². The zero-order valence-corrected chi connectivity index (χ0v) is 12.5. The molecule has 1 aromatic rings. The molecule has 5 nitrogen and oxygen atoms in total. The average Bonchev–Trinajstić information content (AvgIpc) is 2.67. The molecule has 112 valence electrons. The molecular formula is C14H23N3O2S. The second-order valence-corrected chi connectivity index (χ2v) is 6.99. The Kier molecular flexibility index (Phi) is 5.39. The van der Waals surface area contributed by atoms with Crippen molar-refractivity contribution in [3.8, 4) is 0 Å². The fourth-order valence-electron chi connectivity index (χ4n) is 2.46. The van der Waals surface area contributed by atoms with E-state index in [1.807, 2.05) is 0 Å². The van der Waals surface area contributed by atoms with Crippen LogP contribution in [-0.4, -0.2) is 39.5 Å². The van der Waals surface area contributed by atoms with Crippen LogP contribution in [0.3, 0.4) is 0 Å². The fourth-order valence-corrected chi connectivity index (χ4v) is 3.54. The molecule has 0 bridgehead atoms.